The van der Waals surface area contributed by atoms with Crippen molar-refractivity contribution >= 4 is 0 Å². The average molecular weight is 289 g/mol. The molecule has 118 valence electrons. The molecule has 1 aromatic rings. The Morgan fingerprint density at radius 1 is 1.29 bits per heavy atom. The first-order chi connectivity index (χ1) is 9.99. The van der Waals surface area contributed by atoms with Gasteiger partial charge in [-0.05, 0) is 57.6 Å². The van der Waals surface area contributed by atoms with Crippen molar-refractivity contribution in [1.82, 2.24) is 5.32 Å². The average Bonchev–Trinajstić information content (AvgIpc) is 2.47. The normalized spacial score (nSPS) is 23.0. The van der Waals surface area contributed by atoms with Gasteiger partial charge in [0.25, 0.3) is 0 Å². The van der Waals surface area contributed by atoms with Crippen molar-refractivity contribution in [3.8, 4) is 0 Å². The highest BCUT2D eigenvalue weighted by atomic mass is 16.5. The van der Waals surface area contributed by atoms with E-state index in [1.807, 2.05) is 0 Å². The molecule has 2 nitrogen and oxygen atoms in total. The third-order valence-corrected chi connectivity index (χ3v) is 5.16. The van der Waals surface area contributed by atoms with Gasteiger partial charge in [-0.2, -0.15) is 0 Å². The molecule has 1 fully saturated rings. The van der Waals surface area contributed by atoms with Crippen LogP contribution in [0.4, 0.5) is 0 Å². The number of nitrogens with one attached hydrogen (secondary N) is 1. The Labute approximate surface area is 130 Å². The van der Waals surface area contributed by atoms with E-state index in [1.54, 1.807) is 0 Å². The van der Waals surface area contributed by atoms with Crippen LogP contribution in [-0.2, 0) is 4.74 Å². The highest BCUT2D eigenvalue weighted by Crippen LogP contribution is 2.32. The fraction of sp³-hybridized carbons (Fsp3) is 0.684. The van der Waals surface area contributed by atoms with Crippen LogP contribution in [0.25, 0.3) is 0 Å². The van der Waals surface area contributed by atoms with Crippen LogP contribution in [0.1, 0.15) is 69.2 Å². The van der Waals surface area contributed by atoms with Crippen LogP contribution in [0.15, 0.2) is 18.2 Å². The largest absolute Gasteiger partial charge is 0.375 e. The molecule has 0 spiro atoms. The monoisotopic (exact) mass is 289 g/mol. The highest BCUT2D eigenvalue weighted by Gasteiger charge is 2.34. The van der Waals surface area contributed by atoms with Gasteiger partial charge in [0.15, 0.2) is 0 Å². The smallest absolute Gasteiger partial charge is 0.0692 e. The first kappa shape index (κ1) is 16.5. The molecule has 1 aliphatic rings. The summed E-state index contributed by atoms with van der Waals surface area (Å²) in [6.07, 6.45) is 4.48. The Bertz CT molecular complexity index is 465. The van der Waals surface area contributed by atoms with Crippen LogP contribution in [0, 0.1) is 13.8 Å². The van der Waals surface area contributed by atoms with E-state index in [0.717, 1.165) is 32.3 Å². The van der Waals surface area contributed by atoms with Crippen molar-refractivity contribution in [2.75, 3.05) is 6.61 Å². The maximum absolute atomic E-state index is 6.08. The first-order valence-corrected chi connectivity index (χ1v) is 8.47. The Hall–Kier alpha value is -0.860. The van der Waals surface area contributed by atoms with Crippen LogP contribution in [0.3, 0.4) is 0 Å². The maximum atomic E-state index is 6.08. The summed E-state index contributed by atoms with van der Waals surface area (Å²) >= 11 is 0. The van der Waals surface area contributed by atoms with Gasteiger partial charge in [-0.3, -0.25) is 0 Å². The van der Waals surface area contributed by atoms with Gasteiger partial charge < -0.3 is 10.1 Å². The molecule has 0 aromatic heterocycles. The number of hydrogen-bond donors (Lipinski definition) is 1. The second-order valence-electron chi connectivity index (χ2n) is 6.68. The zero-order valence-corrected chi connectivity index (χ0v) is 14.3. The predicted molar refractivity (Wildman–Crippen MR) is 89.8 cm³/mol. The lowest BCUT2D eigenvalue weighted by Gasteiger charge is -2.41. The number of hydrogen-bond acceptors (Lipinski definition) is 2. The number of aryl methyl sites for hydroxylation is 2. The molecular weight excluding hydrogens is 258 g/mol. The summed E-state index contributed by atoms with van der Waals surface area (Å²) in [5, 5.41) is 3.84. The molecule has 2 heteroatoms. The molecule has 2 atom stereocenters. The van der Waals surface area contributed by atoms with E-state index in [0.29, 0.717) is 12.1 Å². The Morgan fingerprint density at radius 3 is 2.62 bits per heavy atom. The summed E-state index contributed by atoms with van der Waals surface area (Å²) in [6, 6.07) is 7.73. The maximum Gasteiger partial charge on any atom is 0.0692 e. The Morgan fingerprint density at radius 2 is 2.00 bits per heavy atom. The summed E-state index contributed by atoms with van der Waals surface area (Å²) in [6.45, 7) is 12.0. The molecule has 2 rings (SSSR count). The minimum absolute atomic E-state index is 0.0952. The topological polar surface area (TPSA) is 21.3 Å². The van der Waals surface area contributed by atoms with E-state index in [1.165, 1.54) is 16.7 Å². The summed E-state index contributed by atoms with van der Waals surface area (Å²) in [4.78, 5) is 0. The Balaban J connectivity index is 2.03. The lowest BCUT2D eigenvalue weighted by molar-refractivity contribution is -0.0939. The van der Waals surface area contributed by atoms with Gasteiger partial charge in [0, 0.05) is 18.7 Å². The van der Waals surface area contributed by atoms with Crippen molar-refractivity contribution in [3.05, 3.63) is 34.9 Å². The number of benzene rings is 1. The molecule has 0 amide bonds. The van der Waals surface area contributed by atoms with E-state index in [-0.39, 0.29) is 5.60 Å². The molecule has 0 aliphatic carbocycles. The third-order valence-electron chi connectivity index (χ3n) is 5.16. The standard InChI is InChI=1S/C19H31NO/c1-6-19(7-2)13-17(10-11-21-19)20-16(5)18-9-8-14(3)12-15(18)4/h8-9,12,16-17,20H,6-7,10-11,13H2,1-5H3. The van der Waals surface area contributed by atoms with E-state index in [9.17, 15) is 0 Å². The minimum Gasteiger partial charge on any atom is -0.375 e. The van der Waals surface area contributed by atoms with Crippen LogP contribution in [0.5, 0.6) is 0 Å². The molecular formula is C19H31NO. The summed E-state index contributed by atoms with van der Waals surface area (Å²) in [5.74, 6) is 0. The van der Waals surface area contributed by atoms with Gasteiger partial charge in [0.05, 0.1) is 5.60 Å². The Kier molecular flexibility index (Phi) is 5.45. The van der Waals surface area contributed by atoms with E-state index in [2.05, 4.69) is 58.1 Å². The second-order valence-corrected chi connectivity index (χ2v) is 6.68. The predicted octanol–water partition coefficient (Wildman–Crippen LogP) is 4.69. The van der Waals surface area contributed by atoms with Crippen LogP contribution >= 0.6 is 0 Å². The highest BCUT2D eigenvalue weighted by molar-refractivity contribution is 5.32. The zero-order chi connectivity index (χ0) is 15.5. The molecule has 0 radical (unpaired) electrons. The van der Waals surface area contributed by atoms with Crippen molar-refractivity contribution in [1.29, 1.82) is 0 Å². The minimum atomic E-state index is 0.0952. The van der Waals surface area contributed by atoms with Crippen molar-refractivity contribution < 1.29 is 4.74 Å². The van der Waals surface area contributed by atoms with E-state index in [4.69, 9.17) is 4.74 Å². The van der Waals surface area contributed by atoms with Gasteiger partial charge in [-0.25, -0.2) is 0 Å². The summed E-state index contributed by atoms with van der Waals surface area (Å²) in [7, 11) is 0. The molecule has 21 heavy (non-hydrogen) atoms. The van der Waals surface area contributed by atoms with Crippen LogP contribution in [-0.4, -0.2) is 18.2 Å². The fourth-order valence-corrected chi connectivity index (χ4v) is 3.67. The molecule has 1 N–H and O–H groups in total. The van der Waals surface area contributed by atoms with Crippen LogP contribution in [0.2, 0.25) is 0 Å². The third kappa shape index (κ3) is 3.87. The molecule has 2 unspecified atom stereocenters. The number of ether oxygens (including phenoxy) is 1. The fourth-order valence-electron chi connectivity index (χ4n) is 3.67. The second kappa shape index (κ2) is 6.93. The zero-order valence-electron chi connectivity index (χ0n) is 14.3. The van der Waals surface area contributed by atoms with Gasteiger partial charge >= 0.3 is 0 Å². The number of rotatable bonds is 5. The molecule has 0 saturated carbocycles. The lowest BCUT2D eigenvalue weighted by atomic mass is 9.85. The van der Waals surface area contributed by atoms with Crippen molar-refractivity contribution in [2.24, 2.45) is 0 Å². The van der Waals surface area contributed by atoms with Gasteiger partial charge in [-0.15, -0.1) is 0 Å². The van der Waals surface area contributed by atoms with Gasteiger partial charge in [0.2, 0.25) is 0 Å². The lowest BCUT2D eigenvalue weighted by Crippen LogP contribution is -2.47. The van der Waals surface area contributed by atoms with E-state index < -0.39 is 0 Å². The molecule has 1 aliphatic heterocycles. The summed E-state index contributed by atoms with van der Waals surface area (Å²) in [5.41, 5.74) is 4.24. The quantitative estimate of drug-likeness (QED) is 0.849. The molecule has 0 bridgehead atoms. The molecule has 1 aromatic carbocycles. The van der Waals surface area contributed by atoms with Gasteiger partial charge in [0.1, 0.15) is 0 Å². The summed E-state index contributed by atoms with van der Waals surface area (Å²) < 4.78 is 6.08. The van der Waals surface area contributed by atoms with E-state index >= 15 is 0 Å². The molecule has 1 heterocycles. The van der Waals surface area contributed by atoms with Crippen LogP contribution < -0.4 is 5.32 Å². The van der Waals surface area contributed by atoms with Crippen molar-refractivity contribution in [2.45, 2.75) is 78.0 Å². The van der Waals surface area contributed by atoms with Crippen molar-refractivity contribution in [3.63, 3.8) is 0 Å². The molecule has 1 saturated heterocycles. The SMILES string of the molecule is CCC1(CC)CC(NC(C)c2ccc(C)cc2C)CCO1. The first-order valence-electron chi connectivity index (χ1n) is 8.47. The van der Waals surface area contributed by atoms with Gasteiger partial charge in [-0.1, -0.05) is 37.6 Å².